The van der Waals surface area contributed by atoms with E-state index in [0.29, 0.717) is 0 Å². The second kappa shape index (κ2) is 6.88. The third-order valence-corrected chi connectivity index (χ3v) is 3.84. The third kappa shape index (κ3) is 3.60. The number of amides is 1. The summed E-state index contributed by atoms with van der Waals surface area (Å²) in [7, 11) is 0. The van der Waals surface area contributed by atoms with E-state index in [1.807, 2.05) is 16.5 Å². The van der Waals surface area contributed by atoms with Gasteiger partial charge in [0.1, 0.15) is 0 Å². The SMILES string of the molecule is CCCNC1CCN(CCCn2nc(C)cc2C)C1=O. The lowest BCUT2D eigenvalue weighted by Crippen LogP contribution is -2.39. The van der Waals surface area contributed by atoms with Crippen molar-refractivity contribution in [2.45, 2.75) is 52.6 Å². The van der Waals surface area contributed by atoms with Crippen LogP contribution in [0.3, 0.4) is 0 Å². The molecule has 2 heterocycles. The van der Waals surface area contributed by atoms with Crippen molar-refractivity contribution in [3.8, 4) is 0 Å². The van der Waals surface area contributed by atoms with E-state index in [0.717, 1.165) is 51.1 Å². The fraction of sp³-hybridized carbons (Fsp3) is 0.733. The molecular formula is C15H26N4O. The normalized spacial score (nSPS) is 19.1. The van der Waals surface area contributed by atoms with Crippen LogP contribution in [0.15, 0.2) is 6.07 Å². The fourth-order valence-electron chi connectivity index (χ4n) is 2.78. The highest BCUT2D eigenvalue weighted by Crippen LogP contribution is 2.12. The molecule has 0 saturated carbocycles. The number of hydrogen-bond acceptors (Lipinski definition) is 3. The molecule has 0 aromatic carbocycles. The quantitative estimate of drug-likeness (QED) is 0.822. The number of rotatable bonds is 7. The Morgan fingerprint density at radius 1 is 1.40 bits per heavy atom. The van der Waals surface area contributed by atoms with Gasteiger partial charge in [-0.05, 0) is 45.7 Å². The summed E-state index contributed by atoms with van der Waals surface area (Å²) in [5, 5.41) is 7.77. The molecule has 0 bridgehead atoms. The molecule has 0 radical (unpaired) electrons. The molecule has 1 fully saturated rings. The lowest BCUT2D eigenvalue weighted by molar-refractivity contribution is -0.129. The van der Waals surface area contributed by atoms with E-state index < -0.39 is 0 Å². The van der Waals surface area contributed by atoms with E-state index >= 15 is 0 Å². The van der Waals surface area contributed by atoms with Gasteiger partial charge >= 0.3 is 0 Å². The van der Waals surface area contributed by atoms with Crippen LogP contribution < -0.4 is 5.32 Å². The highest BCUT2D eigenvalue weighted by Gasteiger charge is 2.30. The summed E-state index contributed by atoms with van der Waals surface area (Å²) in [6.45, 7) is 9.74. The molecule has 5 nitrogen and oxygen atoms in total. The van der Waals surface area contributed by atoms with Gasteiger partial charge < -0.3 is 10.2 Å². The Hall–Kier alpha value is -1.36. The number of likely N-dealkylation sites (tertiary alicyclic amines) is 1. The van der Waals surface area contributed by atoms with Crippen molar-refractivity contribution < 1.29 is 4.79 Å². The molecule has 1 N–H and O–H groups in total. The Labute approximate surface area is 121 Å². The minimum atomic E-state index is 0.0450. The predicted molar refractivity (Wildman–Crippen MR) is 79.6 cm³/mol. The Balaban J connectivity index is 1.75. The van der Waals surface area contributed by atoms with Gasteiger partial charge in [0.15, 0.2) is 0 Å². The molecule has 5 heteroatoms. The number of hydrogen-bond donors (Lipinski definition) is 1. The van der Waals surface area contributed by atoms with E-state index in [9.17, 15) is 4.79 Å². The van der Waals surface area contributed by atoms with Gasteiger partial charge in [0, 0.05) is 25.3 Å². The first-order chi connectivity index (χ1) is 9.61. The maximum atomic E-state index is 12.2. The van der Waals surface area contributed by atoms with Crippen LogP contribution in [0.5, 0.6) is 0 Å². The Kier molecular flexibility index (Phi) is 5.17. The second-order valence-electron chi connectivity index (χ2n) is 5.62. The second-order valence-corrected chi connectivity index (χ2v) is 5.62. The van der Waals surface area contributed by atoms with Gasteiger partial charge in [0.2, 0.25) is 5.91 Å². The zero-order chi connectivity index (χ0) is 14.5. The van der Waals surface area contributed by atoms with Gasteiger partial charge in [-0.25, -0.2) is 0 Å². The molecule has 1 aromatic rings. The number of aryl methyl sites for hydroxylation is 3. The Bertz CT molecular complexity index is 455. The van der Waals surface area contributed by atoms with Gasteiger partial charge in [-0.3, -0.25) is 9.48 Å². The van der Waals surface area contributed by atoms with Gasteiger partial charge in [-0.2, -0.15) is 5.10 Å². The van der Waals surface area contributed by atoms with Gasteiger partial charge in [0.05, 0.1) is 11.7 Å². The Morgan fingerprint density at radius 2 is 2.20 bits per heavy atom. The lowest BCUT2D eigenvalue weighted by Gasteiger charge is -2.17. The summed E-state index contributed by atoms with van der Waals surface area (Å²) >= 11 is 0. The lowest BCUT2D eigenvalue weighted by atomic mass is 10.2. The average molecular weight is 278 g/mol. The smallest absolute Gasteiger partial charge is 0.239 e. The van der Waals surface area contributed by atoms with Gasteiger partial charge in [-0.1, -0.05) is 6.92 Å². The first-order valence-electron chi connectivity index (χ1n) is 7.65. The van der Waals surface area contributed by atoms with E-state index in [-0.39, 0.29) is 11.9 Å². The summed E-state index contributed by atoms with van der Waals surface area (Å²) in [6.07, 6.45) is 2.98. The van der Waals surface area contributed by atoms with Crippen molar-refractivity contribution >= 4 is 5.91 Å². The highest BCUT2D eigenvalue weighted by atomic mass is 16.2. The molecule has 1 amide bonds. The molecule has 1 aliphatic rings. The molecule has 112 valence electrons. The molecule has 0 aliphatic carbocycles. The van der Waals surface area contributed by atoms with E-state index in [1.165, 1.54) is 5.69 Å². The van der Waals surface area contributed by atoms with Gasteiger partial charge in [-0.15, -0.1) is 0 Å². The van der Waals surface area contributed by atoms with Crippen LogP contribution in [0.1, 0.15) is 37.6 Å². The molecule has 1 aliphatic heterocycles. The van der Waals surface area contributed by atoms with Crippen LogP contribution in [0, 0.1) is 13.8 Å². The van der Waals surface area contributed by atoms with Crippen LogP contribution in [0.2, 0.25) is 0 Å². The minimum absolute atomic E-state index is 0.0450. The van der Waals surface area contributed by atoms with E-state index in [1.54, 1.807) is 0 Å². The van der Waals surface area contributed by atoms with E-state index in [4.69, 9.17) is 0 Å². The summed E-state index contributed by atoms with van der Waals surface area (Å²) in [5.74, 6) is 0.270. The number of aromatic nitrogens is 2. The maximum Gasteiger partial charge on any atom is 0.239 e. The summed E-state index contributed by atoms with van der Waals surface area (Å²) in [6, 6.07) is 2.13. The van der Waals surface area contributed by atoms with Crippen molar-refractivity contribution in [2.75, 3.05) is 19.6 Å². The summed E-state index contributed by atoms with van der Waals surface area (Å²) < 4.78 is 2.03. The van der Waals surface area contributed by atoms with Crippen LogP contribution in [-0.2, 0) is 11.3 Å². The maximum absolute atomic E-state index is 12.2. The molecule has 1 unspecified atom stereocenters. The van der Waals surface area contributed by atoms with Crippen LogP contribution in [0.4, 0.5) is 0 Å². The number of carbonyl (C=O) groups excluding carboxylic acids is 1. The molecular weight excluding hydrogens is 252 g/mol. The zero-order valence-electron chi connectivity index (χ0n) is 12.9. The molecule has 1 aromatic heterocycles. The first-order valence-corrected chi connectivity index (χ1v) is 7.65. The van der Waals surface area contributed by atoms with Crippen LogP contribution >= 0.6 is 0 Å². The van der Waals surface area contributed by atoms with Crippen molar-refractivity contribution in [1.82, 2.24) is 20.0 Å². The minimum Gasteiger partial charge on any atom is -0.341 e. The number of nitrogens with zero attached hydrogens (tertiary/aromatic N) is 3. The van der Waals surface area contributed by atoms with Crippen molar-refractivity contribution in [1.29, 1.82) is 0 Å². The summed E-state index contributed by atoms with van der Waals surface area (Å²) in [5.41, 5.74) is 2.25. The van der Waals surface area contributed by atoms with Crippen molar-refractivity contribution in [3.63, 3.8) is 0 Å². The largest absolute Gasteiger partial charge is 0.341 e. The topological polar surface area (TPSA) is 50.2 Å². The fourth-order valence-corrected chi connectivity index (χ4v) is 2.78. The number of nitrogens with one attached hydrogen (secondary N) is 1. The van der Waals surface area contributed by atoms with Crippen LogP contribution in [-0.4, -0.2) is 46.3 Å². The molecule has 1 saturated heterocycles. The third-order valence-electron chi connectivity index (χ3n) is 3.84. The monoisotopic (exact) mass is 278 g/mol. The Morgan fingerprint density at radius 3 is 2.85 bits per heavy atom. The first kappa shape index (κ1) is 15.0. The molecule has 2 rings (SSSR count). The standard InChI is InChI=1S/C15H26N4O/c1-4-7-16-14-6-10-18(15(14)20)8-5-9-19-13(3)11-12(2)17-19/h11,14,16H,4-10H2,1-3H3. The molecule has 1 atom stereocenters. The average Bonchev–Trinajstić information content (AvgIpc) is 2.91. The van der Waals surface area contributed by atoms with Crippen molar-refractivity contribution in [3.05, 3.63) is 17.5 Å². The number of carbonyl (C=O) groups is 1. The molecule has 0 spiro atoms. The highest BCUT2D eigenvalue weighted by molar-refractivity contribution is 5.83. The van der Waals surface area contributed by atoms with Crippen LogP contribution in [0.25, 0.3) is 0 Å². The summed E-state index contributed by atoms with van der Waals surface area (Å²) in [4.78, 5) is 14.2. The van der Waals surface area contributed by atoms with Gasteiger partial charge in [0.25, 0.3) is 0 Å². The molecule has 20 heavy (non-hydrogen) atoms. The predicted octanol–water partition coefficient (Wildman–Crippen LogP) is 1.49. The zero-order valence-corrected chi connectivity index (χ0v) is 12.9. The van der Waals surface area contributed by atoms with Crippen molar-refractivity contribution in [2.24, 2.45) is 0 Å². The van der Waals surface area contributed by atoms with E-state index in [2.05, 4.69) is 30.3 Å².